The van der Waals surface area contributed by atoms with Crippen molar-refractivity contribution in [2.75, 3.05) is 11.9 Å². The molecular weight excluding hydrogens is 234 g/mol. The van der Waals surface area contributed by atoms with Crippen LogP contribution in [-0.4, -0.2) is 12.6 Å². The van der Waals surface area contributed by atoms with Crippen molar-refractivity contribution in [1.29, 1.82) is 0 Å². The second-order valence-electron chi connectivity index (χ2n) is 3.40. The lowest BCUT2D eigenvalue weighted by Gasteiger charge is -2.09. The van der Waals surface area contributed by atoms with E-state index < -0.39 is 0 Å². The highest BCUT2D eigenvalue weighted by molar-refractivity contribution is 7.08. The molecule has 0 radical (unpaired) electrons. The van der Waals surface area contributed by atoms with Crippen LogP contribution >= 0.6 is 11.3 Å². The van der Waals surface area contributed by atoms with Gasteiger partial charge in [-0.25, -0.2) is 4.79 Å². The first-order valence-electron chi connectivity index (χ1n) is 5.36. The summed E-state index contributed by atoms with van der Waals surface area (Å²) in [4.78, 5) is 11.7. The normalized spacial score (nSPS) is 9.94. The second-order valence-corrected chi connectivity index (χ2v) is 4.18. The summed E-state index contributed by atoms with van der Waals surface area (Å²) in [6.45, 7) is 2.18. The third-order valence-electron chi connectivity index (χ3n) is 2.22. The van der Waals surface area contributed by atoms with Crippen molar-refractivity contribution in [3.05, 3.63) is 46.7 Å². The number of ether oxygens (including phenoxy) is 1. The van der Waals surface area contributed by atoms with Crippen molar-refractivity contribution in [2.45, 2.75) is 6.92 Å². The molecule has 0 amide bonds. The first-order valence-corrected chi connectivity index (χ1v) is 6.31. The summed E-state index contributed by atoms with van der Waals surface area (Å²) in [5.74, 6) is -0.300. The van der Waals surface area contributed by atoms with E-state index in [-0.39, 0.29) is 5.97 Å². The molecule has 0 unspecified atom stereocenters. The summed E-state index contributed by atoms with van der Waals surface area (Å²) in [5.41, 5.74) is 2.30. The van der Waals surface area contributed by atoms with Crippen LogP contribution in [0.15, 0.2) is 41.1 Å². The summed E-state index contributed by atoms with van der Waals surface area (Å²) in [6.07, 6.45) is 0. The van der Waals surface area contributed by atoms with Gasteiger partial charge in [-0.1, -0.05) is 12.1 Å². The Balaban J connectivity index is 2.24. The zero-order valence-electron chi connectivity index (χ0n) is 9.47. The standard InChI is InChI=1S/C13H13NO2S/c1-2-16-13(15)11-5-3-4-6-12(11)14-10-7-8-17-9-10/h3-9,14H,2H2,1H3. The molecule has 0 saturated carbocycles. The van der Waals surface area contributed by atoms with Gasteiger partial charge in [-0.15, -0.1) is 0 Å². The van der Waals surface area contributed by atoms with Crippen molar-refractivity contribution >= 4 is 28.7 Å². The van der Waals surface area contributed by atoms with Crippen molar-refractivity contribution in [3.63, 3.8) is 0 Å². The predicted octanol–water partition coefficient (Wildman–Crippen LogP) is 3.67. The Kier molecular flexibility index (Phi) is 3.77. The van der Waals surface area contributed by atoms with E-state index in [0.717, 1.165) is 11.4 Å². The SMILES string of the molecule is CCOC(=O)c1ccccc1Nc1ccsc1. The van der Waals surface area contributed by atoms with E-state index in [1.54, 1.807) is 24.3 Å². The van der Waals surface area contributed by atoms with Gasteiger partial charge in [0, 0.05) is 11.1 Å². The molecule has 0 atom stereocenters. The van der Waals surface area contributed by atoms with E-state index in [1.165, 1.54) is 0 Å². The Morgan fingerprint density at radius 1 is 1.35 bits per heavy atom. The maximum atomic E-state index is 11.7. The molecule has 1 aromatic carbocycles. The number of esters is 1. The fraction of sp³-hybridized carbons (Fsp3) is 0.154. The van der Waals surface area contributed by atoms with Gasteiger partial charge in [0.2, 0.25) is 0 Å². The minimum atomic E-state index is -0.300. The van der Waals surface area contributed by atoms with Crippen molar-refractivity contribution in [3.8, 4) is 0 Å². The number of para-hydroxylation sites is 1. The van der Waals surface area contributed by atoms with Crippen molar-refractivity contribution in [2.24, 2.45) is 0 Å². The van der Waals surface area contributed by atoms with E-state index >= 15 is 0 Å². The first kappa shape index (κ1) is 11.7. The van der Waals surface area contributed by atoms with Crippen molar-refractivity contribution < 1.29 is 9.53 Å². The fourth-order valence-corrected chi connectivity index (χ4v) is 2.06. The van der Waals surface area contributed by atoms with Crippen LogP contribution in [0.3, 0.4) is 0 Å². The van der Waals surface area contributed by atoms with Gasteiger partial charge in [-0.3, -0.25) is 0 Å². The molecule has 88 valence electrons. The Hall–Kier alpha value is -1.81. The van der Waals surface area contributed by atoms with Crippen LogP contribution in [-0.2, 0) is 4.74 Å². The van der Waals surface area contributed by atoms with Gasteiger partial charge in [0.25, 0.3) is 0 Å². The largest absolute Gasteiger partial charge is 0.462 e. The van der Waals surface area contributed by atoms with Gasteiger partial charge in [0.15, 0.2) is 0 Å². The molecule has 0 saturated heterocycles. The number of nitrogens with one attached hydrogen (secondary N) is 1. The first-order chi connectivity index (χ1) is 8.31. The van der Waals surface area contributed by atoms with E-state index in [9.17, 15) is 4.79 Å². The number of carbonyl (C=O) groups is 1. The van der Waals surface area contributed by atoms with Crippen LogP contribution in [0.1, 0.15) is 17.3 Å². The summed E-state index contributed by atoms with van der Waals surface area (Å²) in [6, 6.07) is 9.30. The van der Waals surface area contributed by atoms with Gasteiger partial charge in [-0.05, 0) is 30.5 Å². The highest BCUT2D eigenvalue weighted by Gasteiger charge is 2.11. The molecule has 0 aliphatic carbocycles. The third kappa shape index (κ3) is 2.85. The monoisotopic (exact) mass is 247 g/mol. The van der Waals surface area contributed by atoms with E-state index in [4.69, 9.17) is 4.74 Å². The Morgan fingerprint density at radius 2 is 2.18 bits per heavy atom. The van der Waals surface area contributed by atoms with Gasteiger partial charge in [-0.2, -0.15) is 11.3 Å². The number of rotatable bonds is 4. The molecular formula is C13H13NO2S. The number of thiophene rings is 1. The zero-order chi connectivity index (χ0) is 12.1. The highest BCUT2D eigenvalue weighted by atomic mass is 32.1. The summed E-state index contributed by atoms with van der Waals surface area (Å²) >= 11 is 1.60. The van der Waals surface area contributed by atoms with Crippen LogP contribution < -0.4 is 5.32 Å². The predicted molar refractivity (Wildman–Crippen MR) is 70.0 cm³/mol. The highest BCUT2D eigenvalue weighted by Crippen LogP contribution is 2.23. The average Bonchev–Trinajstić information content (AvgIpc) is 2.83. The third-order valence-corrected chi connectivity index (χ3v) is 2.91. The Labute approximate surface area is 104 Å². The summed E-state index contributed by atoms with van der Waals surface area (Å²) < 4.78 is 5.01. The lowest BCUT2D eigenvalue weighted by Crippen LogP contribution is -2.07. The number of carbonyl (C=O) groups excluding carboxylic acids is 1. The van der Waals surface area contributed by atoms with E-state index in [0.29, 0.717) is 12.2 Å². The Morgan fingerprint density at radius 3 is 2.88 bits per heavy atom. The number of anilines is 2. The van der Waals surface area contributed by atoms with E-state index in [1.807, 2.05) is 35.0 Å². The molecule has 1 aromatic heterocycles. The molecule has 0 aliphatic heterocycles. The van der Waals surface area contributed by atoms with Crippen molar-refractivity contribution in [1.82, 2.24) is 0 Å². The lowest BCUT2D eigenvalue weighted by molar-refractivity contribution is 0.0527. The Bertz CT molecular complexity index is 494. The molecule has 4 heteroatoms. The van der Waals surface area contributed by atoms with Gasteiger partial charge in [0.1, 0.15) is 0 Å². The number of hydrogen-bond acceptors (Lipinski definition) is 4. The van der Waals surface area contributed by atoms with Crippen LogP contribution in [0.25, 0.3) is 0 Å². The fourth-order valence-electron chi connectivity index (χ4n) is 1.47. The maximum Gasteiger partial charge on any atom is 0.340 e. The molecule has 0 spiro atoms. The molecule has 1 N–H and O–H groups in total. The molecule has 0 bridgehead atoms. The minimum absolute atomic E-state index is 0.300. The van der Waals surface area contributed by atoms with Gasteiger partial charge >= 0.3 is 5.97 Å². The smallest absolute Gasteiger partial charge is 0.340 e. The zero-order valence-corrected chi connectivity index (χ0v) is 10.3. The van der Waals surface area contributed by atoms with Gasteiger partial charge in [0.05, 0.1) is 17.9 Å². The molecule has 1 heterocycles. The average molecular weight is 247 g/mol. The lowest BCUT2D eigenvalue weighted by atomic mass is 10.2. The molecule has 0 aliphatic rings. The number of benzene rings is 1. The van der Waals surface area contributed by atoms with Crippen LogP contribution in [0.4, 0.5) is 11.4 Å². The van der Waals surface area contributed by atoms with Crippen LogP contribution in [0.5, 0.6) is 0 Å². The van der Waals surface area contributed by atoms with E-state index in [2.05, 4.69) is 5.32 Å². The van der Waals surface area contributed by atoms with Gasteiger partial charge < -0.3 is 10.1 Å². The topological polar surface area (TPSA) is 38.3 Å². The maximum absolute atomic E-state index is 11.7. The number of hydrogen-bond donors (Lipinski definition) is 1. The molecule has 2 rings (SSSR count). The second kappa shape index (κ2) is 5.50. The molecule has 3 nitrogen and oxygen atoms in total. The molecule has 17 heavy (non-hydrogen) atoms. The quantitative estimate of drug-likeness (QED) is 0.838. The molecule has 2 aromatic rings. The summed E-state index contributed by atoms with van der Waals surface area (Å²) in [5, 5.41) is 7.17. The van der Waals surface area contributed by atoms with Crippen LogP contribution in [0.2, 0.25) is 0 Å². The van der Waals surface area contributed by atoms with Crippen LogP contribution in [0, 0.1) is 0 Å². The molecule has 0 fully saturated rings. The minimum Gasteiger partial charge on any atom is -0.462 e. The summed E-state index contributed by atoms with van der Waals surface area (Å²) in [7, 11) is 0.